The summed E-state index contributed by atoms with van der Waals surface area (Å²) in [5.74, 6) is 0.329. The van der Waals surface area contributed by atoms with Crippen molar-refractivity contribution in [3.63, 3.8) is 0 Å². The van der Waals surface area contributed by atoms with Crippen molar-refractivity contribution in [2.75, 3.05) is 22.5 Å². The van der Waals surface area contributed by atoms with Crippen LogP contribution in [0.2, 0.25) is 0 Å². The molecule has 0 fully saturated rings. The Bertz CT molecular complexity index is 924. The van der Waals surface area contributed by atoms with Gasteiger partial charge in [-0.1, -0.05) is 13.0 Å². The lowest BCUT2D eigenvalue weighted by atomic mass is 10.1. The van der Waals surface area contributed by atoms with Gasteiger partial charge >= 0.3 is 0 Å². The van der Waals surface area contributed by atoms with Crippen LogP contribution in [-0.2, 0) is 14.8 Å². The van der Waals surface area contributed by atoms with Crippen molar-refractivity contribution in [2.24, 2.45) is 0 Å². The van der Waals surface area contributed by atoms with Crippen LogP contribution in [-0.4, -0.2) is 33.2 Å². The van der Waals surface area contributed by atoms with Gasteiger partial charge in [0.25, 0.3) is 0 Å². The Kier molecular flexibility index (Phi) is 7.07. The number of rotatable bonds is 8. The minimum absolute atomic E-state index is 0.336. The molecule has 0 aliphatic carbocycles. The van der Waals surface area contributed by atoms with Crippen LogP contribution in [0.15, 0.2) is 42.5 Å². The molecule has 1 amide bonds. The van der Waals surface area contributed by atoms with Gasteiger partial charge in [0, 0.05) is 5.69 Å². The number of carbonyl (C=O) groups is 1. The molecule has 0 radical (unpaired) electrons. The number of hydrogen-bond acceptors (Lipinski definition) is 4. The van der Waals surface area contributed by atoms with Gasteiger partial charge in [-0.25, -0.2) is 8.42 Å². The first kappa shape index (κ1) is 21.8. The van der Waals surface area contributed by atoms with Crippen molar-refractivity contribution in [3.05, 3.63) is 53.6 Å². The largest absolute Gasteiger partial charge is 0.494 e. The molecule has 2 aromatic carbocycles. The molecule has 1 N–H and O–H groups in total. The van der Waals surface area contributed by atoms with Gasteiger partial charge in [0.15, 0.2) is 0 Å². The minimum Gasteiger partial charge on any atom is -0.494 e. The number of sulfonamides is 1. The number of carbonyl (C=O) groups excluding carboxylic acids is 1. The van der Waals surface area contributed by atoms with Crippen molar-refractivity contribution >= 4 is 27.3 Å². The van der Waals surface area contributed by atoms with Crippen LogP contribution in [0.3, 0.4) is 0 Å². The molecule has 0 saturated heterocycles. The molecule has 2 rings (SSSR count). The number of hydrogen-bond donors (Lipinski definition) is 1. The molecule has 1 unspecified atom stereocenters. The zero-order chi connectivity index (χ0) is 20.9. The monoisotopic (exact) mass is 404 g/mol. The smallest absolute Gasteiger partial charge is 0.248 e. The molecule has 152 valence electrons. The Balaban J connectivity index is 2.32. The SMILES string of the molecule is CCOc1ccc(NC(=O)C(CC)N(c2ccc(C)c(C)c2)S(C)(=O)=O)cc1. The number of nitrogens with one attached hydrogen (secondary N) is 1. The van der Waals surface area contributed by atoms with E-state index in [1.54, 1.807) is 43.3 Å². The van der Waals surface area contributed by atoms with Crippen LogP contribution in [0.5, 0.6) is 5.75 Å². The highest BCUT2D eigenvalue weighted by Crippen LogP contribution is 2.26. The third kappa shape index (κ3) is 5.25. The van der Waals surface area contributed by atoms with Crippen molar-refractivity contribution in [3.8, 4) is 5.75 Å². The van der Waals surface area contributed by atoms with Crippen molar-refractivity contribution in [1.82, 2.24) is 0 Å². The molecule has 0 saturated carbocycles. The Morgan fingerprint density at radius 1 is 1.07 bits per heavy atom. The van der Waals surface area contributed by atoms with E-state index in [1.165, 1.54) is 4.31 Å². The van der Waals surface area contributed by atoms with E-state index in [2.05, 4.69) is 5.32 Å². The molecular formula is C21H28N2O4S. The lowest BCUT2D eigenvalue weighted by Crippen LogP contribution is -2.47. The second-order valence-electron chi connectivity index (χ2n) is 6.70. The molecule has 2 aromatic rings. The predicted octanol–water partition coefficient (Wildman–Crippen LogP) is 3.89. The Hall–Kier alpha value is -2.54. The van der Waals surface area contributed by atoms with E-state index in [0.717, 1.165) is 17.4 Å². The molecule has 0 aliphatic rings. The molecule has 0 aromatic heterocycles. The minimum atomic E-state index is -3.66. The summed E-state index contributed by atoms with van der Waals surface area (Å²) in [5, 5.41) is 2.81. The molecule has 28 heavy (non-hydrogen) atoms. The number of ether oxygens (including phenoxy) is 1. The van der Waals surface area contributed by atoms with Crippen LogP contribution in [0, 0.1) is 13.8 Å². The maximum absolute atomic E-state index is 12.9. The fraction of sp³-hybridized carbons (Fsp3) is 0.381. The lowest BCUT2D eigenvalue weighted by Gasteiger charge is -2.30. The van der Waals surface area contributed by atoms with Gasteiger partial charge in [0.05, 0.1) is 18.6 Å². The van der Waals surface area contributed by atoms with Crippen LogP contribution in [0.1, 0.15) is 31.4 Å². The number of anilines is 2. The van der Waals surface area contributed by atoms with E-state index >= 15 is 0 Å². The highest BCUT2D eigenvalue weighted by atomic mass is 32.2. The van der Waals surface area contributed by atoms with E-state index in [-0.39, 0.29) is 5.91 Å². The summed E-state index contributed by atoms with van der Waals surface area (Å²) >= 11 is 0. The third-order valence-electron chi connectivity index (χ3n) is 4.51. The van der Waals surface area contributed by atoms with Crippen molar-refractivity contribution in [1.29, 1.82) is 0 Å². The van der Waals surface area contributed by atoms with Gasteiger partial charge in [-0.05, 0) is 74.7 Å². The van der Waals surface area contributed by atoms with Gasteiger partial charge < -0.3 is 10.1 Å². The van der Waals surface area contributed by atoms with Crippen molar-refractivity contribution < 1.29 is 17.9 Å². The normalized spacial score (nSPS) is 12.3. The van der Waals surface area contributed by atoms with E-state index < -0.39 is 16.1 Å². The zero-order valence-corrected chi connectivity index (χ0v) is 17.8. The van der Waals surface area contributed by atoms with Crippen LogP contribution < -0.4 is 14.4 Å². The molecule has 7 heteroatoms. The molecule has 0 heterocycles. The quantitative estimate of drug-likeness (QED) is 0.724. The summed E-state index contributed by atoms with van der Waals surface area (Å²) in [5.41, 5.74) is 3.09. The highest BCUT2D eigenvalue weighted by Gasteiger charge is 2.31. The molecule has 0 aliphatic heterocycles. The molecule has 6 nitrogen and oxygen atoms in total. The fourth-order valence-electron chi connectivity index (χ4n) is 2.95. The lowest BCUT2D eigenvalue weighted by molar-refractivity contribution is -0.117. The standard InChI is InChI=1S/C21H28N2O4S/c1-6-20(21(24)22-17-9-12-19(13-10-17)27-7-2)23(28(5,25)26)18-11-8-15(3)16(4)14-18/h8-14,20H,6-7H2,1-5H3,(H,22,24). The third-order valence-corrected chi connectivity index (χ3v) is 5.69. The maximum Gasteiger partial charge on any atom is 0.248 e. The second-order valence-corrected chi connectivity index (χ2v) is 8.56. The summed E-state index contributed by atoms with van der Waals surface area (Å²) in [6.45, 7) is 8.12. The molecule has 0 bridgehead atoms. The van der Waals surface area contributed by atoms with Crippen LogP contribution >= 0.6 is 0 Å². The topological polar surface area (TPSA) is 75.7 Å². The van der Waals surface area contributed by atoms with E-state index in [0.29, 0.717) is 30.2 Å². The van der Waals surface area contributed by atoms with Crippen molar-refractivity contribution in [2.45, 2.75) is 40.2 Å². The van der Waals surface area contributed by atoms with Crippen LogP contribution in [0.25, 0.3) is 0 Å². The average molecular weight is 405 g/mol. The Morgan fingerprint density at radius 3 is 2.21 bits per heavy atom. The molecular weight excluding hydrogens is 376 g/mol. The number of aryl methyl sites for hydroxylation is 2. The number of amides is 1. The van der Waals surface area contributed by atoms with Crippen LogP contribution in [0.4, 0.5) is 11.4 Å². The summed E-state index contributed by atoms with van der Waals surface area (Å²) in [6, 6.07) is 11.5. The highest BCUT2D eigenvalue weighted by molar-refractivity contribution is 7.92. The zero-order valence-electron chi connectivity index (χ0n) is 17.0. The first-order valence-electron chi connectivity index (χ1n) is 9.27. The molecule has 1 atom stereocenters. The first-order valence-corrected chi connectivity index (χ1v) is 11.1. The van der Waals surface area contributed by atoms with Gasteiger partial charge in [-0.2, -0.15) is 0 Å². The average Bonchev–Trinajstić information content (AvgIpc) is 2.63. The molecule has 0 spiro atoms. The maximum atomic E-state index is 12.9. The van der Waals surface area contributed by atoms with Gasteiger partial charge in [-0.3, -0.25) is 9.10 Å². The van der Waals surface area contributed by atoms with E-state index in [1.807, 2.05) is 26.8 Å². The van der Waals surface area contributed by atoms with E-state index in [4.69, 9.17) is 4.74 Å². The summed E-state index contributed by atoms with van der Waals surface area (Å²) < 4.78 is 31.7. The Morgan fingerprint density at radius 2 is 1.71 bits per heavy atom. The number of nitrogens with zero attached hydrogens (tertiary/aromatic N) is 1. The second kappa shape index (κ2) is 9.10. The van der Waals surface area contributed by atoms with Gasteiger partial charge in [-0.15, -0.1) is 0 Å². The van der Waals surface area contributed by atoms with Gasteiger partial charge in [0.1, 0.15) is 11.8 Å². The van der Waals surface area contributed by atoms with Gasteiger partial charge in [0.2, 0.25) is 15.9 Å². The predicted molar refractivity (Wildman–Crippen MR) is 114 cm³/mol. The fourth-order valence-corrected chi connectivity index (χ4v) is 4.15. The summed E-state index contributed by atoms with van der Waals surface area (Å²) in [7, 11) is -3.66. The summed E-state index contributed by atoms with van der Waals surface area (Å²) in [6.07, 6.45) is 1.46. The number of benzene rings is 2. The first-order chi connectivity index (χ1) is 13.2. The Labute approximate surface area is 167 Å². The van der Waals surface area contributed by atoms with E-state index in [9.17, 15) is 13.2 Å². The summed E-state index contributed by atoms with van der Waals surface area (Å²) in [4.78, 5) is 12.9.